The molecular formula is C12H26. The SMILES string of the molecule is CCC(C)CCC(CC)C(C)C. The summed E-state index contributed by atoms with van der Waals surface area (Å²) in [7, 11) is 0. The van der Waals surface area contributed by atoms with E-state index in [1.54, 1.807) is 0 Å². The average molecular weight is 170 g/mol. The van der Waals surface area contributed by atoms with Crippen LogP contribution in [0, 0.1) is 17.8 Å². The van der Waals surface area contributed by atoms with E-state index in [1.807, 2.05) is 0 Å². The van der Waals surface area contributed by atoms with Gasteiger partial charge in [-0.25, -0.2) is 0 Å². The fraction of sp³-hybridized carbons (Fsp3) is 1.00. The van der Waals surface area contributed by atoms with Crippen LogP contribution in [0.15, 0.2) is 0 Å². The molecule has 0 aromatic rings. The van der Waals surface area contributed by atoms with Crippen LogP contribution in [0.4, 0.5) is 0 Å². The van der Waals surface area contributed by atoms with E-state index in [1.165, 1.54) is 25.7 Å². The second-order valence-electron chi connectivity index (χ2n) is 4.50. The van der Waals surface area contributed by atoms with Gasteiger partial charge in [0.2, 0.25) is 0 Å². The molecule has 0 nitrogen and oxygen atoms in total. The summed E-state index contributed by atoms with van der Waals surface area (Å²) < 4.78 is 0. The molecule has 0 heteroatoms. The Kier molecular flexibility index (Phi) is 6.51. The van der Waals surface area contributed by atoms with Gasteiger partial charge in [-0.1, -0.05) is 53.9 Å². The maximum atomic E-state index is 2.37. The average Bonchev–Trinajstić information content (AvgIpc) is 2.04. The lowest BCUT2D eigenvalue weighted by molar-refractivity contribution is 0.315. The largest absolute Gasteiger partial charge is 0.0651 e. The van der Waals surface area contributed by atoms with E-state index in [0.29, 0.717) is 0 Å². The van der Waals surface area contributed by atoms with Gasteiger partial charge in [-0.15, -0.1) is 0 Å². The maximum Gasteiger partial charge on any atom is -0.0394 e. The highest BCUT2D eigenvalue weighted by atomic mass is 14.2. The molecule has 0 fully saturated rings. The molecule has 0 bridgehead atoms. The summed E-state index contributed by atoms with van der Waals surface area (Å²) in [6.45, 7) is 11.7. The van der Waals surface area contributed by atoms with E-state index >= 15 is 0 Å². The van der Waals surface area contributed by atoms with Gasteiger partial charge in [0.15, 0.2) is 0 Å². The third-order valence-electron chi connectivity index (χ3n) is 3.19. The van der Waals surface area contributed by atoms with Crippen molar-refractivity contribution in [1.82, 2.24) is 0 Å². The maximum absolute atomic E-state index is 2.37. The first-order valence-corrected chi connectivity index (χ1v) is 5.61. The van der Waals surface area contributed by atoms with E-state index in [9.17, 15) is 0 Å². The van der Waals surface area contributed by atoms with Gasteiger partial charge in [-0.2, -0.15) is 0 Å². The summed E-state index contributed by atoms with van der Waals surface area (Å²) in [5.41, 5.74) is 0. The minimum atomic E-state index is 0.874. The molecule has 0 N–H and O–H groups in total. The highest BCUT2D eigenvalue weighted by Crippen LogP contribution is 2.23. The standard InChI is InChI=1S/C12H26/c1-6-11(5)8-9-12(7-2)10(3)4/h10-12H,6-9H2,1-5H3. The summed E-state index contributed by atoms with van der Waals surface area (Å²) in [6.07, 6.45) is 5.55. The normalized spacial score (nSPS) is 16.5. The van der Waals surface area contributed by atoms with Crippen LogP contribution in [0.2, 0.25) is 0 Å². The van der Waals surface area contributed by atoms with Gasteiger partial charge in [0.1, 0.15) is 0 Å². The van der Waals surface area contributed by atoms with Crippen molar-refractivity contribution in [3.05, 3.63) is 0 Å². The number of rotatable bonds is 6. The summed E-state index contributed by atoms with van der Waals surface area (Å²) in [4.78, 5) is 0. The van der Waals surface area contributed by atoms with Crippen LogP contribution < -0.4 is 0 Å². The number of hydrogen-bond acceptors (Lipinski definition) is 0. The molecule has 74 valence electrons. The molecule has 0 spiro atoms. The molecule has 0 heterocycles. The van der Waals surface area contributed by atoms with Crippen molar-refractivity contribution in [1.29, 1.82) is 0 Å². The van der Waals surface area contributed by atoms with Crippen LogP contribution in [-0.2, 0) is 0 Å². The predicted octanol–water partition coefficient (Wildman–Crippen LogP) is 4.49. The Balaban J connectivity index is 3.58. The van der Waals surface area contributed by atoms with Gasteiger partial charge < -0.3 is 0 Å². The Morgan fingerprint density at radius 1 is 0.833 bits per heavy atom. The first kappa shape index (κ1) is 12.0. The van der Waals surface area contributed by atoms with Gasteiger partial charge in [-0.3, -0.25) is 0 Å². The van der Waals surface area contributed by atoms with Crippen LogP contribution in [0.25, 0.3) is 0 Å². The van der Waals surface area contributed by atoms with Crippen LogP contribution in [0.3, 0.4) is 0 Å². The predicted molar refractivity (Wildman–Crippen MR) is 57.3 cm³/mol. The van der Waals surface area contributed by atoms with Gasteiger partial charge in [0.25, 0.3) is 0 Å². The van der Waals surface area contributed by atoms with E-state index < -0.39 is 0 Å². The minimum absolute atomic E-state index is 0.874. The first-order chi connectivity index (χ1) is 5.61. The molecule has 0 aromatic carbocycles. The van der Waals surface area contributed by atoms with Crippen LogP contribution in [-0.4, -0.2) is 0 Å². The van der Waals surface area contributed by atoms with Crippen LogP contribution >= 0.6 is 0 Å². The second-order valence-corrected chi connectivity index (χ2v) is 4.50. The Bertz CT molecular complexity index is 94.2. The molecule has 12 heavy (non-hydrogen) atoms. The molecule has 0 rings (SSSR count). The quantitative estimate of drug-likeness (QED) is 0.551. The Morgan fingerprint density at radius 2 is 1.42 bits per heavy atom. The van der Waals surface area contributed by atoms with Crippen LogP contribution in [0.5, 0.6) is 0 Å². The highest BCUT2D eigenvalue weighted by Gasteiger charge is 2.11. The molecule has 2 atom stereocenters. The topological polar surface area (TPSA) is 0 Å². The molecular weight excluding hydrogens is 144 g/mol. The summed E-state index contributed by atoms with van der Waals surface area (Å²) in [5.74, 6) is 2.76. The van der Waals surface area contributed by atoms with Crippen molar-refractivity contribution in [2.75, 3.05) is 0 Å². The Morgan fingerprint density at radius 3 is 1.75 bits per heavy atom. The summed E-state index contributed by atoms with van der Waals surface area (Å²) >= 11 is 0. The molecule has 0 aliphatic heterocycles. The molecule has 0 radical (unpaired) electrons. The van der Waals surface area contributed by atoms with Crippen molar-refractivity contribution < 1.29 is 0 Å². The van der Waals surface area contributed by atoms with Crippen molar-refractivity contribution >= 4 is 0 Å². The second kappa shape index (κ2) is 6.51. The molecule has 2 unspecified atom stereocenters. The Hall–Kier alpha value is 0. The van der Waals surface area contributed by atoms with Crippen LogP contribution in [0.1, 0.15) is 60.3 Å². The third-order valence-corrected chi connectivity index (χ3v) is 3.19. The number of hydrogen-bond donors (Lipinski definition) is 0. The fourth-order valence-corrected chi connectivity index (χ4v) is 1.71. The minimum Gasteiger partial charge on any atom is -0.0651 e. The monoisotopic (exact) mass is 170 g/mol. The molecule has 0 saturated heterocycles. The Labute approximate surface area is 78.8 Å². The summed E-state index contributed by atoms with van der Waals surface area (Å²) in [6, 6.07) is 0. The zero-order valence-corrected chi connectivity index (χ0v) is 9.56. The fourth-order valence-electron chi connectivity index (χ4n) is 1.71. The third kappa shape index (κ3) is 4.79. The molecule has 0 aliphatic carbocycles. The highest BCUT2D eigenvalue weighted by molar-refractivity contribution is 4.63. The lowest BCUT2D eigenvalue weighted by Crippen LogP contribution is -2.08. The zero-order valence-electron chi connectivity index (χ0n) is 9.56. The van der Waals surface area contributed by atoms with E-state index in [-0.39, 0.29) is 0 Å². The van der Waals surface area contributed by atoms with Crippen molar-refractivity contribution in [3.63, 3.8) is 0 Å². The lowest BCUT2D eigenvalue weighted by atomic mass is 9.86. The zero-order chi connectivity index (χ0) is 9.56. The lowest BCUT2D eigenvalue weighted by Gasteiger charge is -2.20. The van der Waals surface area contributed by atoms with Gasteiger partial charge in [-0.05, 0) is 24.2 Å². The van der Waals surface area contributed by atoms with Gasteiger partial charge in [0.05, 0.1) is 0 Å². The molecule has 0 amide bonds. The smallest absolute Gasteiger partial charge is 0.0394 e. The van der Waals surface area contributed by atoms with E-state index in [4.69, 9.17) is 0 Å². The molecule has 0 aliphatic rings. The van der Waals surface area contributed by atoms with Gasteiger partial charge in [0, 0.05) is 0 Å². The molecule has 0 saturated carbocycles. The van der Waals surface area contributed by atoms with Crippen molar-refractivity contribution in [3.8, 4) is 0 Å². The van der Waals surface area contributed by atoms with Gasteiger partial charge >= 0.3 is 0 Å². The first-order valence-electron chi connectivity index (χ1n) is 5.61. The molecule has 0 aromatic heterocycles. The summed E-state index contributed by atoms with van der Waals surface area (Å²) in [5, 5.41) is 0. The van der Waals surface area contributed by atoms with Crippen molar-refractivity contribution in [2.24, 2.45) is 17.8 Å². The van der Waals surface area contributed by atoms with E-state index in [0.717, 1.165) is 17.8 Å². The van der Waals surface area contributed by atoms with E-state index in [2.05, 4.69) is 34.6 Å². The van der Waals surface area contributed by atoms with Crippen molar-refractivity contribution in [2.45, 2.75) is 60.3 Å².